The molecule has 5 rings (SSSR count). The first-order chi connectivity index (χ1) is 18.3. The van der Waals surface area contributed by atoms with Crippen molar-refractivity contribution in [2.45, 2.75) is 13.3 Å². The third-order valence-corrected chi connectivity index (χ3v) is 6.94. The summed E-state index contributed by atoms with van der Waals surface area (Å²) in [7, 11) is 5.96. The third kappa shape index (κ3) is 5.26. The second-order valence-electron chi connectivity index (χ2n) is 10.1. The second kappa shape index (κ2) is 10.7. The summed E-state index contributed by atoms with van der Waals surface area (Å²) in [6.07, 6.45) is 12.7. The van der Waals surface area contributed by atoms with Crippen molar-refractivity contribution in [2.24, 2.45) is 18.1 Å². The van der Waals surface area contributed by atoms with E-state index in [1.807, 2.05) is 57.3 Å². The molecule has 196 valence electrons. The van der Waals surface area contributed by atoms with Gasteiger partial charge in [-0.2, -0.15) is 10.2 Å². The van der Waals surface area contributed by atoms with Crippen molar-refractivity contribution < 1.29 is 4.39 Å². The lowest BCUT2D eigenvalue weighted by molar-refractivity contribution is 0.425. The molecule has 0 amide bonds. The molecule has 0 spiro atoms. The maximum Gasteiger partial charge on any atom is 0.125 e. The van der Waals surface area contributed by atoms with Crippen molar-refractivity contribution >= 4 is 22.5 Å². The van der Waals surface area contributed by atoms with E-state index in [0.29, 0.717) is 0 Å². The van der Waals surface area contributed by atoms with Crippen LogP contribution in [-0.2, 0) is 7.05 Å². The molecule has 8 heteroatoms. The van der Waals surface area contributed by atoms with E-state index in [2.05, 4.69) is 50.5 Å². The summed E-state index contributed by atoms with van der Waals surface area (Å²) in [6.45, 7) is 7.53. The topological polar surface area (TPSA) is 73.3 Å². The average Bonchev–Trinajstić information content (AvgIpc) is 3.59. The lowest BCUT2D eigenvalue weighted by Crippen LogP contribution is -2.20. The quantitative estimate of drug-likeness (QED) is 0.350. The third-order valence-electron chi connectivity index (χ3n) is 6.94. The fraction of sp³-hybridized carbons (Fsp3) is 0.267. The van der Waals surface area contributed by atoms with Gasteiger partial charge in [0, 0.05) is 54.5 Å². The Morgan fingerprint density at radius 2 is 2.11 bits per heavy atom. The van der Waals surface area contributed by atoms with Gasteiger partial charge in [-0.3, -0.25) is 10.1 Å². The first kappa shape index (κ1) is 25.5. The molecule has 0 bridgehead atoms. The zero-order valence-corrected chi connectivity index (χ0v) is 22.3. The number of aryl methyl sites for hydroxylation is 2. The van der Waals surface area contributed by atoms with E-state index in [4.69, 9.17) is 5.10 Å². The van der Waals surface area contributed by atoms with Crippen molar-refractivity contribution in [1.82, 2.24) is 25.1 Å². The van der Waals surface area contributed by atoms with Gasteiger partial charge in [0.05, 0.1) is 23.5 Å². The number of allylic oxidation sites excluding steroid dienone is 6. The molecular weight excluding hydrogens is 477 g/mol. The Morgan fingerprint density at radius 3 is 2.84 bits per heavy atom. The molecule has 0 saturated heterocycles. The molecule has 1 aliphatic heterocycles. The number of likely N-dealkylation sites (N-methyl/N-ethyl adjacent to an activating group) is 1. The summed E-state index contributed by atoms with van der Waals surface area (Å²) in [5, 5.41) is 12.4. The predicted octanol–water partition coefficient (Wildman–Crippen LogP) is 5.08. The van der Waals surface area contributed by atoms with Crippen molar-refractivity contribution in [2.75, 3.05) is 32.5 Å². The SMILES string of the molecule is C=C/C=C(/c1cc(F)cc(NCCN(C)C)c1)c1cc(C2=NNC3=CC=C(c4cnn(C)c4)CC32)[nH]c1C. The Labute approximate surface area is 223 Å². The number of H-pyrrole nitrogens is 1. The van der Waals surface area contributed by atoms with Crippen LogP contribution in [0, 0.1) is 18.7 Å². The molecule has 38 heavy (non-hydrogen) atoms. The van der Waals surface area contributed by atoms with E-state index >= 15 is 0 Å². The number of aromatic amines is 1. The van der Waals surface area contributed by atoms with Crippen molar-refractivity contribution in [3.8, 4) is 0 Å². The van der Waals surface area contributed by atoms with Crippen LogP contribution in [0.2, 0.25) is 0 Å². The molecule has 3 heterocycles. The van der Waals surface area contributed by atoms with Crippen LogP contribution in [-0.4, -0.2) is 52.6 Å². The van der Waals surface area contributed by atoms with Gasteiger partial charge in [-0.25, -0.2) is 4.39 Å². The van der Waals surface area contributed by atoms with Crippen LogP contribution in [0.25, 0.3) is 11.1 Å². The highest BCUT2D eigenvalue weighted by molar-refractivity contribution is 6.06. The molecule has 1 aromatic carbocycles. The molecule has 0 saturated carbocycles. The number of aromatic nitrogens is 3. The number of benzene rings is 1. The van der Waals surface area contributed by atoms with Crippen LogP contribution >= 0.6 is 0 Å². The Morgan fingerprint density at radius 1 is 1.26 bits per heavy atom. The van der Waals surface area contributed by atoms with Gasteiger partial charge in [-0.15, -0.1) is 0 Å². The summed E-state index contributed by atoms with van der Waals surface area (Å²) in [6, 6.07) is 7.20. The van der Waals surface area contributed by atoms with Crippen LogP contribution in [0.1, 0.15) is 34.5 Å². The van der Waals surface area contributed by atoms with Crippen LogP contribution in [0.5, 0.6) is 0 Å². The number of halogens is 1. The summed E-state index contributed by atoms with van der Waals surface area (Å²) in [5.74, 6) is -0.163. The minimum Gasteiger partial charge on any atom is -0.384 e. The summed E-state index contributed by atoms with van der Waals surface area (Å²) >= 11 is 0. The molecule has 7 nitrogen and oxygen atoms in total. The average molecular weight is 512 g/mol. The summed E-state index contributed by atoms with van der Waals surface area (Å²) in [4.78, 5) is 5.63. The van der Waals surface area contributed by atoms with Gasteiger partial charge in [0.1, 0.15) is 5.82 Å². The molecule has 1 atom stereocenters. The molecule has 1 aliphatic carbocycles. The summed E-state index contributed by atoms with van der Waals surface area (Å²) < 4.78 is 16.5. The van der Waals surface area contributed by atoms with E-state index in [1.165, 1.54) is 11.6 Å². The highest BCUT2D eigenvalue weighted by atomic mass is 19.1. The van der Waals surface area contributed by atoms with Gasteiger partial charge in [0.15, 0.2) is 0 Å². The molecule has 2 aromatic heterocycles. The van der Waals surface area contributed by atoms with Crippen molar-refractivity contribution in [3.05, 3.63) is 107 Å². The first-order valence-corrected chi connectivity index (χ1v) is 12.8. The minimum absolute atomic E-state index is 0.120. The monoisotopic (exact) mass is 511 g/mol. The lowest BCUT2D eigenvalue weighted by Gasteiger charge is -2.18. The van der Waals surface area contributed by atoms with Crippen LogP contribution < -0.4 is 10.7 Å². The number of hydrogen-bond donors (Lipinski definition) is 3. The van der Waals surface area contributed by atoms with E-state index in [1.54, 1.807) is 12.1 Å². The molecule has 2 aliphatic rings. The predicted molar refractivity (Wildman–Crippen MR) is 153 cm³/mol. The van der Waals surface area contributed by atoms with Gasteiger partial charge in [-0.05, 0) is 74.5 Å². The Bertz CT molecular complexity index is 1480. The molecule has 0 radical (unpaired) electrons. The molecular formula is C30H34FN7. The second-order valence-corrected chi connectivity index (χ2v) is 10.1. The van der Waals surface area contributed by atoms with Crippen molar-refractivity contribution in [3.63, 3.8) is 0 Å². The van der Waals surface area contributed by atoms with Gasteiger partial charge >= 0.3 is 0 Å². The standard InChI is InChI=1S/C30H34FN7/c1-6-7-25(21-12-23(31)15-24(13-21)32-10-11-37(3)4)26-16-29(34-19(26)2)30-27-14-20(8-9-28(27)35-36-30)22-17-33-38(5)18-22/h6-9,12-13,15-18,27,32,34-35H,1,10-11,14H2,2-5H3/b25-7-. The maximum atomic E-state index is 14.7. The van der Waals surface area contributed by atoms with Gasteiger partial charge in [-0.1, -0.05) is 24.8 Å². The number of nitrogens with zero attached hydrogens (tertiary/aromatic N) is 4. The number of hydrazone groups is 1. The fourth-order valence-electron chi connectivity index (χ4n) is 5.02. The van der Waals surface area contributed by atoms with Gasteiger partial charge in [0.25, 0.3) is 0 Å². The van der Waals surface area contributed by atoms with Crippen LogP contribution in [0.15, 0.2) is 78.3 Å². The van der Waals surface area contributed by atoms with E-state index < -0.39 is 0 Å². The Balaban J connectivity index is 1.43. The number of rotatable bonds is 9. The first-order valence-electron chi connectivity index (χ1n) is 12.8. The molecule has 3 aromatic rings. The number of nitrogens with one attached hydrogen (secondary N) is 3. The Kier molecular flexibility index (Phi) is 7.15. The number of hydrogen-bond acceptors (Lipinski definition) is 5. The number of fused-ring (bicyclic) bond motifs is 1. The van der Waals surface area contributed by atoms with E-state index in [0.717, 1.165) is 70.3 Å². The largest absolute Gasteiger partial charge is 0.384 e. The van der Waals surface area contributed by atoms with Gasteiger partial charge in [0.2, 0.25) is 0 Å². The summed E-state index contributed by atoms with van der Waals surface area (Å²) in [5.41, 5.74) is 13.0. The van der Waals surface area contributed by atoms with Crippen LogP contribution in [0.4, 0.5) is 10.1 Å². The maximum absolute atomic E-state index is 14.7. The molecule has 0 fully saturated rings. The zero-order valence-electron chi connectivity index (χ0n) is 22.3. The highest BCUT2D eigenvalue weighted by Crippen LogP contribution is 2.37. The fourth-order valence-corrected chi connectivity index (χ4v) is 5.02. The molecule has 3 N–H and O–H groups in total. The van der Waals surface area contributed by atoms with E-state index in [9.17, 15) is 4.39 Å². The zero-order chi connectivity index (χ0) is 26.8. The minimum atomic E-state index is -0.283. The van der Waals surface area contributed by atoms with Gasteiger partial charge < -0.3 is 15.2 Å². The number of anilines is 1. The van der Waals surface area contributed by atoms with Crippen molar-refractivity contribution in [1.29, 1.82) is 0 Å². The van der Waals surface area contributed by atoms with Crippen LogP contribution in [0.3, 0.4) is 0 Å². The molecule has 1 unspecified atom stereocenters. The van der Waals surface area contributed by atoms with E-state index in [-0.39, 0.29) is 11.7 Å². The Hall–Kier alpha value is -4.17. The smallest absolute Gasteiger partial charge is 0.125 e. The normalized spacial score (nSPS) is 17.1. The lowest BCUT2D eigenvalue weighted by atomic mass is 9.85. The highest BCUT2D eigenvalue weighted by Gasteiger charge is 2.32.